The van der Waals surface area contributed by atoms with E-state index in [4.69, 9.17) is 9.84 Å². The Morgan fingerprint density at radius 2 is 2.11 bits per heavy atom. The van der Waals surface area contributed by atoms with Gasteiger partial charge in [0.25, 0.3) is 5.91 Å². The molecule has 1 heterocycles. The number of carboxylic acids is 1. The van der Waals surface area contributed by atoms with Crippen molar-refractivity contribution in [2.75, 3.05) is 20.3 Å². The number of nitrogens with zero attached hydrogens (tertiary/aromatic N) is 1. The Morgan fingerprint density at radius 1 is 1.37 bits per heavy atom. The van der Waals surface area contributed by atoms with Crippen molar-refractivity contribution in [2.24, 2.45) is 5.92 Å². The molecule has 1 aliphatic heterocycles. The van der Waals surface area contributed by atoms with Gasteiger partial charge in [-0.25, -0.2) is 0 Å². The maximum absolute atomic E-state index is 12.2. The Bertz CT molecular complexity index is 502. The van der Waals surface area contributed by atoms with E-state index in [0.29, 0.717) is 5.56 Å². The average molecular weight is 265 g/mol. The van der Waals surface area contributed by atoms with E-state index >= 15 is 0 Å². The summed E-state index contributed by atoms with van der Waals surface area (Å²) in [5, 5.41) is 18.4. The fraction of sp³-hybridized carbons (Fsp3) is 0.385. The number of carbonyl (C=O) groups is 2. The van der Waals surface area contributed by atoms with Crippen molar-refractivity contribution in [3.8, 4) is 5.75 Å². The molecule has 1 amide bonds. The predicted molar refractivity (Wildman–Crippen MR) is 65.9 cm³/mol. The first-order valence-electron chi connectivity index (χ1n) is 5.87. The van der Waals surface area contributed by atoms with Gasteiger partial charge in [-0.15, -0.1) is 0 Å². The van der Waals surface area contributed by atoms with Crippen LogP contribution in [0.2, 0.25) is 0 Å². The molecular weight excluding hydrogens is 250 g/mol. The van der Waals surface area contributed by atoms with Crippen LogP contribution >= 0.6 is 0 Å². The number of phenols is 1. The van der Waals surface area contributed by atoms with E-state index < -0.39 is 17.9 Å². The summed E-state index contributed by atoms with van der Waals surface area (Å²) in [7, 11) is 1.54. The molecule has 6 heteroatoms. The van der Waals surface area contributed by atoms with Crippen LogP contribution in [-0.4, -0.2) is 53.3 Å². The zero-order valence-corrected chi connectivity index (χ0v) is 10.4. The van der Waals surface area contributed by atoms with Crippen LogP contribution in [0.1, 0.15) is 10.4 Å². The van der Waals surface area contributed by atoms with E-state index in [1.807, 2.05) is 0 Å². The maximum atomic E-state index is 12.2. The number of rotatable bonds is 3. The van der Waals surface area contributed by atoms with Gasteiger partial charge in [-0.05, 0) is 18.2 Å². The van der Waals surface area contributed by atoms with Crippen LogP contribution in [-0.2, 0) is 9.53 Å². The zero-order valence-electron chi connectivity index (χ0n) is 10.4. The van der Waals surface area contributed by atoms with E-state index in [-0.39, 0.29) is 24.9 Å². The number of aromatic hydroxyl groups is 1. The second-order valence-electron chi connectivity index (χ2n) is 4.52. The number of amides is 1. The highest BCUT2D eigenvalue weighted by atomic mass is 16.5. The van der Waals surface area contributed by atoms with Crippen molar-refractivity contribution in [1.29, 1.82) is 0 Å². The van der Waals surface area contributed by atoms with Crippen LogP contribution in [0.15, 0.2) is 24.3 Å². The molecule has 2 atom stereocenters. The van der Waals surface area contributed by atoms with Crippen molar-refractivity contribution in [3.63, 3.8) is 0 Å². The summed E-state index contributed by atoms with van der Waals surface area (Å²) in [6.45, 7) is 0.315. The molecule has 1 saturated heterocycles. The van der Waals surface area contributed by atoms with E-state index in [2.05, 4.69) is 0 Å². The third kappa shape index (κ3) is 2.68. The van der Waals surface area contributed by atoms with Gasteiger partial charge in [0.15, 0.2) is 0 Å². The number of ether oxygens (including phenoxy) is 1. The highest BCUT2D eigenvalue weighted by molar-refractivity contribution is 5.95. The molecule has 1 fully saturated rings. The van der Waals surface area contributed by atoms with Crippen LogP contribution in [0.5, 0.6) is 5.75 Å². The summed E-state index contributed by atoms with van der Waals surface area (Å²) in [4.78, 5) is 24.7. The highest BCUT2D eigenvalue weighted by Gasteiger charge is 2.38. The number of likely N-dealkylation sites (N-methyl/N-ethyl adjacent to an activating group) is 1. The SMILES string of the molecule is CN(C(=O)c1cccc(O)c1)C1COCC1C(=O)O. The van der Waals surface area contributed by atoms with Gasteiger partial charge in [-0.2, -0.15) is 0 Å². The molecule has 2 rings (SSSR count). The molecular formula is C13H15NO5. The van der Waals surface area contributed by atoms with Gasteiger partial charge in [0.05, 0.1) is 19.3 Å². The lowest BCUT2D eigenvalue weighted by molar-refractivity contribution is -0.142. The number of carboxylic acid groups (broad SMARTS) is 1. The minimum absolute atomic E-state index is 0.00305. The smallest absolute Gasteiger partial charge is 0.311 e. The van der Waals surface area contributed by atoms with Crippen molar-refractivity contribution >= 4 is 11.9 Å². The van der Waals surface area contributed by atoms with E-state index in [9.17, 15) is 14.7 Å². The van der Waals surface area contributed by atoms with Crippen LogP contribution in [0, 0.1) is 5.92 Å². The van der Waals surface area contributed by atoms with E-state index in [0.717, 1.165) is 0 Å². The number of aliphatic carboxylic acids is 1. The molecule has 0 saturated carbocycles. The van der Waals surface area contributed by atoms with Gasteiger partial charge >= 0.3 is 5.97 Å². The number of hydrogen-bond donors (Lipinski definition) is 2. The second kappa shape index (κ2) is 5.27. The van der Waals surface area contributed by atoms with Crippen molar-refractivity contribution in [1.82, 2.24) is 4.90 Å². The third-order valence-electron chi connectivity index (χ3n) is 3.28. The molecule has 1 aliphatic rings. The molecule has 102 valence electrons. The first-order chi connectivity index (χ1) is 9.00. The number of carbonyl (C=O) groups excluding carboxylic acids is 1. The Labute approximate surface area is 110 Å². The standard InChI is InChI=1S/C13H15NO5/c1-14(11-7-19-6-10(11)13(17)18)12(16)8-3-2-4-9(15)5-8/h2-5,10-11,15H,6-7H2,1H3,(H,17,18). The number of hydrogen-bond acceptors (Lipinski definition) is 4. The molecule has 6 nitrogen and oxygen atoms in total. The summed E-state index contributed by atoms with van der Waals surface area (Å²) in [6, 6.07) is 5.47. The van der Waals surface area contributed by atoms with Gasteiger partial charge in [-0.1, -0.05) is 6.07 Å². The Balaban J connectivity index is 2.17. The zero-order chi connectivity index (χ0) is 14.0. The molecule has 0 bridgehead atoms. The first-order valence-corrected chi connectivity index (χ1v) is 5.87. The lowest BCUT2D eigenvalue weighted by atomic mass is 10.0. The summed E-state index contributed by atoms with van der Waals surface area (Å²) < 4.78 is 5.14. The second-order valence-corrected chi connectivity index (χ2v) is 4.52. The van der Waals surface area contributed by atoms with Crippen LogP contribution < -0.4 is 0 Å². The average Bonchev–Trinajstić information content (AvgIpc) is 2.86. The van der Waals surface area contributed by atoms with Gasteiger partial charge in [0, 0.05) is 12.6 Å². The molecule has 0 spiro atoms. The molecule has 1 aromatic carbocycles. The van der Waals surface area contributed by atoms with Gasteiger partial charge in [-0.3, -0.25) is 9.59 Å². The summed E-state index contributed by atoms with van der Waals surface area (Å²) >= 11 is 0. The summed E-state index contributed by atoms with van der Waals surface area (Å²) in [6.07, 6.45) is 0. The monoisotopic (exact) mass is 265 g/mol. The lowest BCUT2D eigenvalue weighted by Crippen LogP contribution is -2.44. The maximum Gasteiger partial charge on any atom is 0.311 e. The topological polar surface area (TPSA) is 87.1 Å². The van der Waals surface area contributed by atoms with Crippen LogP contribution in [0.4, 0.5) is 0 Å². The molecule has 0 aromatic heterocycles. The quantitative estimate of drug-likeness (QED) is 0.834. The fourth-order valence-corrected chi connectivity index (χ4v) is 2.15. The third-order valence-corrected chi connectivity index (χ3v) is 3.28. The first kappa shape index (κ1) is 13.4. The molecule has 0 radical (unpaired) electrons. The van der Waals surface area contributed by atoms with Gasteiger partial charge < -0.3 is 19.8 Å². The Hall–Kier alpha value is -2.08. The molecule has 2 unspecified atom stereocenters. The number of benzene rings is 1. The number of phenolic OH excluding ortho intramolecular Hbond substituents is 1. The normalized spacial score (nSPS) is 22.2. The van der Waals surface area contributed by atoms with Crippen molar-refractivity contribution < 1.29 is 24.5 Å². The highest BCUT2D eigenvalue weighted by Crippen LogP contribution is 2.21. The van der Waals surface area contributed by atoms with E-state index in [1.165, 1.54) is 17.0 Å². The van der Waals surface area contributed by atoms with Gasteiger partial charge in [0.1, 0.15) is 11.7 Å². The lowest BCUT2D eigenvalue weighted by Gasteiger charge is -2.26. The Morgan fingerprint density at radius 3 is 2.74 bits per heavy atom. The van der Waals surface area contributed by atoms with Crippen molar-refractivity contribution in [3.05, 3.63) is 29.8 Å². The minimum Gasteiger partial charge on any atom is -0.508 e. The minimum atomic E-state index is -0.974. The van der Waals surface area contributed by atoms with Crippen LogP contribution in [0.3, 0.4) is 0 Å². The van der Waals surface area contributed by atoms with E-state index in [1.54, 1.807) is 19.2 Å². The van der Waals surface area contributed by atoms with Crippen LogP contribution in [0.25, 0.3) is 0 Å². The largest absolute Gasteiger partial charge is 0.508 e. The molecule has 2 N–H and O–H groups in total. The van der Waals surface area contributed by atoms with Gasteiger partial charge in [0.2, 0.25) is 0 Å². The molecule has 1 aromatic rings. The summed E-state index contributed by atoms with van der Waals surface area (Å²) in [5.74, 6) is -2.03. The summed E-state index contributed by atoms with van der Waals surface area (Å²) in [5.41, 5.74) is 0.318. The predicted octanol–water partition coefficient (Wildman–Crippen LogP) is 0.564. The van der Waals surface area contributed by atoms with Crippen molar-refractivity contribution in [2.45, 2.75) is 6.04 Å². The fourth-order valence-electron chi connectivity index (χ4n) is 2.15. The Kier molecular flexibility index (Phi) is 3.71. The molecule has 19 heavy (non-hydrogen) atoms. The molecule has 0 aliphatic carbocycles.